The van der Waals surface area contributed by atoms with Gasteiger partial charge in [-0.1, -0.05) is 24.3 Å². The van der Waals surface area contributed by atoms with Crippen LogP contribution in [0, 0.1) is 5.82 Å². The fraction of sp³-hybridized carbons (Fsp3) is 0.250. The fourth-order valence-electron chi connectivity index (χ4n) is 2.18. The Morgan fingerprint density at radius 2 is 1.88 bits per heavy atom. The van der Waals surface area contributed by atoms with E-state index in [2.05, 4.69) is 24.3 Å². The lowest BCUT2D eigenvalue weighted by atomic mass is 10.2. The molecule has 0 saturated carbocycles. The molecule has 132 valence electrons. The summed E-state index contributed by atoms with van der Waals surface area (Å²) in [7, 11) is 4.12. The number of hydrogen-bond acceptors (Lipinski definition) is 3. The number of nitrogens with one attached hydrogen (secondary N) is 1. The Kier molecular flexibility index (Phi) is 7.70. The zero-order chi connectivity index (χ0) is 18.1. The van der Waals surface area contributed by atoms with E-state index in [1.807, 2.05) is 24.3 Å². The molecular weight excluding hydrogens is 335 g/mol. The Balaban J connectivity index is 1.92. The largest absolute Gasteiger partial charge is 0.321 e. The molecule has 0 bridgehead atoms. The minimum atomic E-state index is -0.290. The molecule has 2 rings (SSSR count). The molecule has 0 radical (unpaired) electrons. The van der Waals surface area contributed by atoms with E-state index in [0.717, 1.165) is 34.9 Å². The summed E-state index contributed by atoms with van der Waals surface area (Å²) in [5.41, 5.74) is 1.59. The maximum Gasteiger partial charge on any atom is 0.248 e. The van der Waals surface area contributed by atoms with Gasteiger partial charge in [-0.05, 0) is 68.7 Å². The Morgan fingerprint density at radius 3 is 2.60 bits per heavy atom. The summed E-state index contributed by atoms with van der Waals surface area (Å²) in [6.07, 6.45) is 4.22. The van der Waals surface area contributed by atoms with E-state index in [4.69, 9.17) is 0 Å². The summed E-state index contributed by atoms with van der Waals surface area (Å²) >= 11 is 1.74. The van der Waals surface area contributed by atoms with Crippen molar-refractivity contribution in [1.82, 2.24) is 4.90 Å². The summed E-state index contributed by atoms with van der Waals surface area (Å²) in [6.45, 7) is 1.04. The number of hydrogen-bond donors (Lipinski definition) is 1. The quantitative estimate of drug-likeness (QED) is 0.428. The molecule has 0 aliphatic rings. The second kappa shape index (κ2) is 10.0. The Hall–Kier alpha value is -2.11. The first-order valence-corrected chi connectivity index (χ1v) is 9.14. The molecule has 0 aromatic heterocycles. The Morgan fingerprint density at radius 1 is 1.16 bits per heavy atom. The van der Waals surface area contributed by atoms with Gasteiger partial charge in [0, 0.05) is 11.0 Å². The Labute approximate surface area is 152 Å². The predicted molar refractivity (Wildman–Crippen MR) is 104 cm³/mol. The van der Waals surface area contributed by atoms with Crippen LogP contribution in [0.2, 0.25) is 0 Å². The predicted octanol–water partition coefficient (Wildman–Crippen LogP) is 4.52. The van der Waals surface area contributed by atoms with E-state index in [0.29, 0.717) is 0 Å². The molecule has 0 saturated heterocycles. The minimum absolute atomic E-state index is 0.203. The van der Waals surface area contributed by atoms with Gasteiger partial charge in [0.2, 0.25) is 5.91 Å². The SMILES string of the molecule is CN(C)CCCSc1ccccc1NC(=O)C=Cc1ccc(F)cc1. The van der Waals surface area contributed by atoms with Gasteiger partial charge in [-0.2, -0.15) is 0 Å². The smallest absolute Gasteiger partial charge is 0.248 e. The van der Waals surface area contributed by atoms with E-state index in [-0.39, 0.29) is 11.7 Å². The van der Waals surface area contributed by atoms with Crippen molar-refractivity contribution in [3.05, 3.63) is 66.0 Å². The van der Waals surface area contributed by atoms with Crippen molar-refractivity contribution in [2.75, 3.05) is 31.7 Å². The second-order valence-electron chi connectivity index (χ2n) is 5.88. The lowest BCUT2D eigenvalue weighted by molar-refractivity contribution is -0.111. The number of rotatable bonds is 8. The topological polar surface area (TPSA) is 32.3 Å². The minimum Gasteiger partial charge on any atom is -0.321 e. The van der Waals surface area contributed by atoms with Crippen LogP contribution in [0.5, 0.6) is 0 Å². The van der Waals surface area contributed by atoms with Crippen LogP contribution >= 0.6 is 11.8 Å². The van der Waals surface area contributed by atoms with E-state index in [1.165, 1.54) is 18.2 Å². The molecule has 0 unspecified atom stereocenters. The van der Waals surface area contributed by atoms with Crippen molar-refractivity contribution in [2.45, 2.75) is 11.3 Å². The van der Waals surface area contributed by atoms with E-state index >= 15 is 0 Å². The molecule has 1 amide bonds. The summed E-state index contributed by atoms with van der Waals surface area (Å²) in [6, 6.07) is 13.8. The van der Waals surface area contributed by atoms with Crippen molar-refractivity contribution in [3.63, 3.8) is 0 Å². The van der Waals surface area contributed by atoms with Crippen LogP contribution in [0.4, 0.5) is 10.1 Å². The average Bonchev–Trinajstić information content (AvgIpc) is 2.59. The molecule has 25 heavy (non-hydrogen) atoms. The van der Waals surface area contributed by atoms with Crippen LogP contribution in [0.25, 0.3) is 6.08 Å². The maximum absolute atomic E-state index is 12.9. The number of anilines is 1. The summed E-state index contributed by atoms with van der Waals surface area (Å²) in [5, 5.41) is 2.91. The highest BCUT2D eigenvalue weighted by molar-refractivity contribution is 7.99. The van der Waals surface area contributed by atoms with Crippen LogP contribution in [0.1, 0.15) is 12.0 Å². The molecule has 0 aliphatic carbocycles. The second-order valence-corrected chi connectivity index (χ2v) is 7.01. The van der Waals surface area contributed by atoms with Crippen LogP contribution in [0.15, 0.2) is 59.5 Å². The Bertz CT molecular complexity index is 714. The van der Waals surface area contributed by atoms with E-state index in [9.17, 15) is 9.18 Å². The highest BCUT2D eigenvalue weighted by atomic mass is 32.2. The first-order valence-electron chi connectivity index (χ1n) is 8.16. The van der Waals surface area contributed by atoms with Gasteiger partial charge < -0.3 is 10.2 Å². The molecule has 0 spiro atoms. The first kappa shape index (κ1) is 19.2. The van der Waals surface area contributed by atoms with Crippen molar-refractivity contribution in [1.29, 1.82) is 0 Å². The number of para-hydroxylation sites is 1. The molecule has 1 N–H and O–H groups in total. The summed E-state index contributed by atoms with van der Waals surface area (Å²) in [5.74, 6) is 0.503. The van der Waals surface area contributed by atoms with Crippen molar-refractivity contribution in [3.8, 4) is 0 Å². The van der Waals surface area contributed by atoms with Gasteiger partial charge >= 0.3 is 0 Å². The average molecular weight is 358 g/mol. The van der Waals surface area contributed by atoms with Crippen molar-refractivity contribution >= 4 is 29.4 Å². The number of benzene rings is 2. The highest BCUT2D eigenvalue weighted by Crippen LogP contribution is 2.27. The van der Waals surface area contributed by atoms with Gasteiger partial charge in [0.25, 0.3) is 0 Å². The number of halogens is 1. The third-order valence-corrected chi connectivity index (χ3v) is 4.61. The number of amides is 1. The van der Waals surface area contributed by atoms with Crippen molar-refractivity contribution in [2.24, 2.45) is 0 Å². The van der Waals surface area contributed by atoms with Crippen LogP contribution in [-0.2, 0) is 4.79 Å². The highest BCUT2D eigenvalue weighted by Gasteiger charge is 2.05. The van der Waals surface area contributed by atoms with E-state index in [1.54, 1.807) is 30.0 Å². The molecule has 0 heterocycles. The molecule has 5 heteroatoms. The molecule has 3 nitrogen and oxygen atoms in total. The molecule has 2 aromatic carbocycles. The number of carbonyl (C=O) groups is 1. The third-order valence-electron chi connectivity index (χ3n) is 3.45. The molecule has 0 aliphatic heterocycles. The maximum atomic E-state index is 12.9. The standard InChI is InChI=1S/C20H23FN2OS/c1-23(2)14-5-15-25-19-7-4-3-6-18(19)22-20(24)13-10-16-8-11-17(21)12-9-16/h3-4,6-13H,5,14-15H2,1-2H3,(H,22,24). The van der Waals surface area contributed by atoms with Crippen molar-refractivity contribution < 1.29 is 9.18 Å². The molecular formula is C20H23FN2OS. The monoisotopic (exact) mass is 358 g/mol. The van der Waals surface area contributed by atoms with Crippen LogP contribution in [-0.4, -0.2) is 37.2 Å². The lowest BCUT2D eigenvalue weighted by Crippen LogP contribution is -2.13. The zero-order valence-corrected chi connectivity index (χ0v) is 15.4. The first-order chi connectivity index (χ1) is 12.0. The summed E-state index contributed by atoms with van der Waals surface area (Å²) < 4.78 is 12.9. The number of nitrogens with zero attached hydrogens (tertiary/aromatic N) is 1. The number of carbonyl (C=O) groups excluding carboxylic acids is 1. The van der Waals surface area contributed by atoms with Gasteiger partial charge in [0.15, 0.2) is 0 Å². The van der Waals surface area contributed by atoms with Crippen LogP contribution < -0.4 is 5.32 Å². The van der Waals surface area contributed by atoms with Gasteiger partial charge in [0.05, 0.1) is 5.69 Å². The normalized spacial score (nSPS) is 11.2. The molecule has 2 aromatic rings. The summed E-state index contributed by atoms with van der Waals surface area (Å²) in [4.78, 5) is 15.4. The van der Waals surface area contributed by atoms with Gasteiger partial charge in [0.1, 0.15) is 5.82 Å². The zero-order valence-electron chi connectivity index (χ0n) is 14.5. The van der Waals surface area contributed by atoms with Gasteiger partial charge in [-0.25, -0.2) is 4.39 Å². The third kappa shape index (κ3) is 7.11. The van der Waals surface area contributed by atoms with E-state index < -0.39 is 0 Å². The van der Waals surface area contributed by atoms with Gasteiger partial charge in [-0.15, -0.1) is 11.8 Å². The van der Waals surface area contributed by atoms with Crippen LogP contribution in [0.3, 0.4) is 0 Å². The van der Waals surface area contributed by atoms with Gasteiger partial charge in [-0.3, -0.25) is 4.79 Å². The fourth-order valence-corrected chi connectivity index (χ4v) is 3.12. The lowest BCUT2D eigenvalue weighted by Gasteiger charge is -2.11. The number of thioether (sulfide) groups is 1. The molecule has 0 fully saturated rings. The molecule has 0 atom stereocenters.